The molecule has 2 aromatic heterocycles. The fourth-order valence-corrected chi connectivity index (χ4v) is 3.81. The van der Waals surface area contributed by atoms with Gasteiger partial charge >= 0.3 is 0 Å². The number of aromatic amines is 1. The van der Waals surface area contributed by atoms with E-state index in [1.165, 1.54) is 15.8 Å². The van der Waals surface area contributed by atoms with Crippen LogP contribution in [0.4, 0.5) is 0 Å². The predicted molar refractivity (Wildman–Crippen MR) is 107 cm³/mol. The van der Waals surface area contributed by atoms with Crippen LogP contribution < -0.4 is 5.56 Å². The summed E-state index contributed by atoms with van der Waals surface area (Å²) in [5.74, 6) is -0.128. The van der Waals surface area contributed by atoms with Gasteiger partial charge in [-0.2, -0.15) is 5.10 Å². The predicted octanol–water partition coefficient (Wildman–Crippen LogP) is 4.31. The van der Waals surface area contributed by atoms with Gasteiger partial charge in [-0.3, -0.25) is 4.79 Å². The van der Waals surface area contributed by atoms with Gasteiger partial charge in [0.15, 0.2) is 11.4 Å². The molecule has 6 heteroatoms. The summed E-state index contributed by atoms with van der Waals surface area (Å²) in [4.78, 5) is 15.2. The maximum absolute atomic E-state index is 12.4. The number of fused-ring (bicyclic) bond motifs is 2. The quantitative estimate of drug-likeness (QED) is 0.548. The number of aromatic hydroxyl groups is 1. The number of aromatic nitrogens is 3. The summed E-state index contributed by atoms with van der Waals surface area (Å²) in [6.45, 7) is 0. The molecule has 0 atom stereocenters. The smallest absolute Gasteiger partial charge is 0.278 e. The van der Waals surface area contributed by atoms with Crippen LogP contribution in [0.2, 0.25) is 5.02 Å². The van der Waals surface area contributed by atoms with Crippen molar-refractivity contribution in [2.75, 3.05) is 0 Å². The fraction of sp³-hybridized carbons (Fsp3) is 0.0476. The first kappa shape index (κ1) is 15.9. The summed E-state index contributed by atoms with van der Waals surface area (Å²) in [7, 11) is 0. The average Bonchev–Trinajstić information content (AvgIpc) is 3.32. The molecule has 4 aromatic rings. The fourth-order valence-electron chi connectivity index (χ4n) is 3.54. The van der Waals surface area contributed by atoms with Crippen LogP contribution in [0.1, 0.15) is 11.1 Å². The van der Waals surface area contributed by atoms with Crippen molar-refractivity contribution in [2.24, 2.45) is 0 Å². The Balaban J connectivity index is 1.76. The molecule has 0 unspecified atom stereocenters. The summed E-state index contributed by atoms with van der Waals surface area (Å²) < 4.78 is 1.35. The molecule has 5 nitrogen and oxygen atoms in total. The Labute approximate surface area is 159 Å². The van der Waals surface area contributed by atoms with Gasteiger partial charge in [-0.15, -0.1) is 0 Å². The number of hydrogen-bond donors (Lipinski definition) is 2. The number of nitrogens with zero attached hydrogens (tertiary/aromatic N) is 2. The molecular weight excluding hydrogens is 362 g/mol. The lowest BCUT2D eigenvalue weighted by Crippen LogP contribution is -2.15. The normalized spacial score (nSPS) is 12.6. The van der Waals surface area contributed by atoms with E-state index in [0.717, 1.165) is 17.5 Å². The highest BCUT2D eigenvalue weighted by atomic mass is 35.5. The van der Waals surface area contributed by atoms with Crippen molar-refractivity contribution in [2.45, 2.75) is 6.42 Å². The van der Waals surface area contributed by atoms with Crippen molar-refractivity contribution >= 4 is 28.6 Å². The molecule has 2 aromatic carbocycles. The zero-order valence-electron chi connectivity index (χ0n) is 14.1. The molecule has 0 amide bonds. The van der Waals surface area contributed by atoms with Crippen molar-refractivity contribution in [1.29, 1.82) is 0 Å². The molecule has 0 bridgehead atoms. The molecule has 2 N–H and O–H groups in total. The van der Waals surface area contributed by atoms with Crippen LogP contribution in [0.15, 0.2) is 59.7 Å². The van der Waals surface area contributed by atoms with E-state index in [4.69, 9.17) is 11.6 Å². The first-order valence-electron chi connectivity index (χ1n) is 8.50. The number of pyridine rings is 1. The Morgan fingerprint density at radius 1 is 1.22 bits per heavy atom. The summed E-state index contributed by atoms with van der Waals surface area (Å²) in [6, 6.07) is 11.4. The van der Waals surface area contributed by atoms with Crippen LogP contribution in [-0.4, -0.2) is 19.9 Å². The molecule has 0 fully saturated rings. The molecule has 0 saturated carbocycles. The number of benzene rings is 2. The van der Waals surface area contributed by atoms with Gasteiger partial charge in [0.25, 0.3) is 5.56 Å². The second-order valence-electron chi connectivity index (χ2n) is 6.50. The molecule has 5 rings (SSSR count). The Morgan fingerprint density at radius 2 is 2.11 bits per heavy atom. The molecular formula is C21H14ClN3O2. The average molecular weight is 376 g/mol. The Morgan fingerprint density at radius 3 is 2.93 bits per heavy atom. The largest absolute Gasteiger partial charge is 0.505 e. The molecule has 1 aliphatic rings. The highest BCUT2D eigenvalue weighted by Gasteiger charge is 2.17. The van der Waals surface area contributed by atoms with Crippen LogP contribution in [0.25, 0.3) is 33.8 Å². The van der Waals surface area contributed by atoms with Gasteiger partial charge in [0, 0.05) is 23.3 Å². The number of allylic oxidation sites excluding steroid dienone is 1. The van der Waals surface area contributed by atoms with E-state index in [-0.39, 0.29) is 11.4 Å². The van der Waals surface area contributed by atoms with Crippen LogP contribution in [0, 0.1) is 0 Å². The Bertz CT molecular complexity index is 1290. The van der Waals surface area contributed by atoms with Gasteiger partial charge in [-0.25, -0.2) is 4.68 Å². The second-order valence-corrected chi connectivity index (χ2v) is 6.91. The first-order chi connectivity index (χ1) is 13.1. The van der Waals surface area contributed by atoms with Gasteiger partial charge < -0.3 is 10.1 Å². The van der Waals surface area contributed by atoms with Crippen LogP contribution in [-0.2, 0) is 6.42 Å². The van der Waals surface area contributed by atoms with Gasteiger partial charge in [0.2, 0.25) is 0 Å². The van der Waals surface area contributed by atoms with Crippen molar-refractivity contribution in [3.05, 3.63) is 81.4 Å². The highest BCUT2D eigenvalue weighted by Crippen LogP contribution is 2.37. The number of nitrogens with one attached hydrogen (secondary N) is 1. The van der Waals surface area contributed by atoms with Crippen molar-refractivity contribution < 1.29 is 5.11 Å². The van der Waals surface area contributed by atoms with E-state index >= 15 is 0 Å². The minimum atomic E-state index is -0.435. The zero-order chi connectivity index (χ0) is 18.5. The van der Waals surface area contributed by atoms with Gasteiger partial charge in [0.05, 0.1) is 10.5 Å². The molecule has 0 aliphatic heterocycles. The summed E-state index contributed by atoms with van der Waals surface area (Å²) in [5.41, 5.74) is 4.32. The standard InChI is InChI=1S/C21H14ClN3O2/c22-17-11-18-16(20(26)19(21(27)24-18)25-8-2-7-23-25)10-15(17)14-6-5-12-3-1-4-13(12)9-14/h1-2,4-11H,3H2,(H2,24,26,27). The van der Waals surface area contributed by atoms with Crippen LogP contribution >= 0.6 is 11.6 Å². The molecule has 132 valence electrons. The van der Waals surface area contributed by atoms with E-state index < -0.39 is 5.56 Å². The topological polar surface area (TPSA) is 70.9 Å². The third-order valence-corrected chi connectivity index (χ3v) is 5.19. The Kier molecular flexibility index (Phi) is 3.45. The van der Waals surface area contributed by atoms with E-state index in [1.54, 1.807) is 30.6 Å². The van der Waals surface area contributed by atoms with Crippen LogP contribution in [0.5, 0.6) is 5.75 Å². The van der Waals surface area contributed by atoms with Crippen molar-refractivity contribution in [3.63, 3.8) is 0 Å². The Hall–Kier alpha value is -3.31. The molecule has 2 heterocycles. The van der Waals surface area contributed by atoms with E-state index in [0.29, 0.717) is 15.9 Å². The number of halogens is 1. The van der Waals surface area contributed by atoms with Crippen molar-refractivity contribution in [1.82, 2.24) is 14.8 Å². The molecule has 0 spiro atoms. The monoisotopic (exact) mass is 375 g/mol. The highest BCUT2D eigenvalue weighted by molar-refractivity contribution is 6.34. The lowest BCUT2D eigenvalue weighted by atomic mass is 9.98. The van der Waals surface area contributed by atoms with E-state index in [2.05, 4.69) is 34.4 Å². The summed E-state index contributed by atoms with van der Waals surface area (Å²) in [6.07, 6.45) is 8.33. The van der Waals surface area contributed by atoms with Gasteiger partial charge in [-0.1, -0.05) is 35.9 Å². The number of hydrogen-bond acceptors (Lipinski definition) is 3. The minimum absolute atomic E-state index is 0.0812. The lowest BCUT2D eigenvalue weighted by molar-refractivity contribution is 0.475. The molecule has 27 heavy (non-hydrogen) atoms. The SMILES string of the molecule is O=c1[nH]c2cc(Cl)c(-c3ccc4c(c3)C=CC4)cc2c(O)c1-n1cccn1. The lowest BCUT2D eigenvalue weighted by Gasteiger charge is -2.12. The summed E-state index contributed by atoms with van der Waals surface area (Å²) in [5, 5.41) is 15.9. The molecule has 0 radical (unpaired) electrons. The third kappa shape index (κ3) is 2.47. The van der Waals surface area contributed by atoms with Crippen molar-refractivity contribution in [3.8, 4) is 22.6 Å². The minimum Gasteiger partial charge on any atom is -0.505 e. The molecule has 0 saturated heterocycles. The number of rotatable bonds is 2. The van der Waals surface area contributed by atoms with E-state index in [9.17, 15) is 9.90 Å². The van der Waals surface area contributed by atoms with Crippen LogP contribution in [0.3, 0.4) is 0 Å². The second kappa shape index (κ2) is 5.86. The first-order valence-corrected chi connectivity index (χ1v) is 8.88. The summed E-state index contributed by atoms with van der Waals surface area (Å²) >= 11 is 6.49. The maximum Gasteiger partial charge on any atom is 0.278 e. The maximum atomic E-state index is 12.4. The van der Waals surface area contributed by atoms with Gasteiger partial charge in [-0.05, 0) is 47.4 Å². The molecule has 1 aliphatic carbocycles. The number of H-pyrrole nitrogens is 1. The van der Waals surface area contributed by atoms with E-state index in [1.807, 2.05) is 6.07 Å². The third-order valence-electron chi connectivity index (χ3n) is 4.88. The van der Waals surface area contributed by atoms with Gasteiger partial charge in [0.1, 0.15) is 0 Å². The zero-order valence-corrected chi connectivity index (χ0v) is 14.9.